The molecule has 2 aliphatic rings. The summed E-state index contributed by atoms with van der Waals surface area (Å²) in [5.74, 6) is 1.36. The lowest BCUT2D eigenvalue weighted by molar-refractivity contribution is 0.0934. The second-order valence-electron chi connectivity index (χ2n) is 7.09. The maximum absolute atomic E-state index is 13.0. The molecule has 10 heteroatoms. The van der Waals surface area contributed by atoms with Gasteiger partial charge in [-0.2, -0.15) is 0 Å². The molecular weight excluding hydrogens is 422 g/mol. The van der Waals surface area contributed by atoms with Crippen molar-refractivity contribution < 1.29 is 28.5 Å². The van der Waals surface area contributed by atoms with Gasteiger partial charge in [0.15, 0.2) is 11.5 Å². The van der Waals surface area contributed by atoms with E-state index < -0.39 is 6.17 Å². The van der Waals surface area contributed by atoms with E-state index >= 15 is 0 Å². The molecule has 0 bridgehead atoms. The normalized spacial score (nSPS) is 17.1. The molecule has 2 amide bonds. The number of nitrogens with zero attached hydrogens (tertiary/aromatic N) is 1. The zero-order valence-corrected chi connectivity index (χ0v) is 18.7. The second kappa shape index (κ2) is 8.54. The number of amides is 2. The topological polar surface area (TPSA) is 98.4 Å². The number of carbonyl (C=O) groups excluding carboxylic acids is 2. The third-order valence-electron chi connectivity index (χ3n) is 5.38. The first kappa shape index (κ1) is 21.1. The van der Waals surface area contributed by atoms with Crippen molar-refractivity contribution in [2.75, 3.05) is 39.8 Å². The summed E-state index contributed by atoms with van der Waals surface area (Å²) in [4.78, 5) is 27.8. The number of thiophene rings is 1. The van der Waals surface area contributed by atoms with Crippen molar-refractivity contribution in [2.45, 2.75) is 26.1 Å². The van der Waals surface area contributed by atoms with E-state index in [9.17, 15) is 9.59 Å². The average Bonchev–Trinajstić information content (AvgIpc) is 3.16. The number of hydrogen-bond donors (Lipinski definition) is 2. The van der Waals surface area contributed by atoms with Gasteiger partial charge in [0.1, 0.15) is 11.2 Å². The van der Waals surface area contributed by atoms with E-state index in [2.05, 4.69) is 10.6 Å². The molecule has 2 N–H and O–H groups in total. The molecule has 166 valence electrons. The Morgan fingerprint density at radius 3 is 2.48 bits per heavy atom. The average molecular weight is 448 g/mol. The summed E-state index contributed by atoms with van der Waals surface area (Å²) in [5.41, 5.74) is 2.43. The Balaban J connectivity index is 1.63. The monoisotopic (exact) mass is 447 g/mol. The number of ether oxygens (including phenoxy) is 4. The van der Waals surface area contributed by atoms with E-state index in [1.807, 2.05) is 0 Å². The number of carbonyl (C=O) groups is 2. The van der Waals surface area contributed by atoms with E-state index in [4.69, 9.17) is 18.9 Å². The van der Waals surface area contributed by atoms with E-state index in [1.54, 1.807) is 45.3 Å². The third-order valence-corrected chi connectivity index (χ3v) is 6.53. The number of nitrogens with one attached hydrogen (secondary N) is 2. The molecule has 0 fully saturated rings. The Morgan fingerprint density at radius 1 is 1.16 bits per heavy atom. The molecule has 1 aromatic carbocycles. The van der Waals surface area contributed by atoms with Gasteiger partial charge in [0, 0.05) is 17.0 Å². The Labute approximate surface area is 184 Å². The first-order chi connectivity index (χ1) is 15.0. The van der Waals surface area contributed by atoms with Crippen LogP contribution < -0.4 is 24.8 Å². The zero-order chi connectivity index (χ0) is 22.1. The Hall–Kier alpha value is -3.14. The Kier molecular flexibility index (Phi) is 5.81. The SMILES string of the molecule is CCOC(=O)N1CCc2c(sc3c2C(=O)NC(c2cc(OC)c(OC)c(OC)c2)N3)C1. The zero-order valence-electron chi connectivity index (χ0n) is 17.9. The minimum atomic E-state index is -0.463. The molecular formula is C21H25N3O6S. The maximum Gasteiger partial charge on any atom is 0.410 e. The van der Waals surface area contributed by atoms with E-state index in [1.165, 1.54) is 11.3 Å². The van der Waals surface area contributed by atoms with E-state index in [0.29, 0.717) is 48.9 Å². The van der Waals surface area contributed by atoms with Gasteiger partial charge in [-0.25, -0.2) is 4.79 Å². The molecule has 0 saturated heterocycles. The van der Waals surface area contributed by atoms with E-state index in [-0.39, 0.29) is 12.0 Å². The second-order valence-corrected chi connectivity index (χ2v) is 8.19. The third kappa shape index (κ3) is 3.71. The van der Waals surface area contributed by atoms with Crippen LogP contribution in [0, 0.1) is 0 Å². The fourth-order valence-corrected chi connectivity index (χ4v) is 5.21. The Bertz CT molecular complexity index is 996. The van der Waals surface area contributed by atoms with Crippen LogP contribution in [0.25, 0.3) is 0 Å². The van der Waals surface area contributed by atoms with Crippen LogP contribution in [0.2, 0.25) is 0 Å². The van der Waals surface area contributed by atoms with Gasteiger partial charge in [-0.05, 0) is 31.0 Å². The summed E-state index contributed by atoms with van der Waals surface area (Å²) in [5, 5.41) is 7.22. The number of rotatable bonds is 5. The molecule has 1 unspecified atom stereocenters. The molecule has 0 radical (unpaired) electrons. The fourth-order valence-electron chi connectivity index (χ4n) is 3.92. The van der Waals surface area contributed by atoms with Gasteiger partial charge in [-0.3, -0.25) is 4.79 Å². The Morgan fingerprint density at radius 2 is 1.87 bits per heavy atom. The molecule has 9 nitrogen and oxygen atoms in total. The first-order valence-electron chi connectivity index (χ1n) is 9.94. The van der Waals surface area contributed by atoms with Crippen molar-refractivity contribution in [3.05, 3.63) is 33.7 Å². The van der Waals surface area contributed by atoms with Crippen LogP contribution in [-0.4, -0.2) is 51.4 Å². The lowest BCUT2D eigenvalue weighted by Gasteiger charge is -2.28. The van der Waals surface area contributed by atoms with Crippen LogP contribution in [-0.2, 0) is 17.7 Å². The highest BCUT2D eigenvalue weighted by Crippen LogP contribution is 2.43. The molecule has 2 aromatic rings. The standard InChI is InChI=1S/C21H25N3O6S/c1-5-30-21(26)24-7-6-12-15(10-24)31-20-16(12)19(25)22-18(23-20)11-8-13(27-2)17(29-4)14(9-11)28-3/h8-9,18,23H,5-7,10H2,1-4H3,(H,22,25). The van der Waals surface area contributed by atoms with Crippen molar-refractivity contribution in [3.8, 4) is 17.2 Å². The first-order valence-corrected chi connectivity index (χ1v) is 10.8. The molecule has 0 spiro atoms. The van der Waals surface area contributed by atoms with Crippen molar-refractivity contribution in [3.63, 3.8) is 0 Å². The molecule has 1 atom stereocenters. The summed E-state index contributed by atoms with van der Waals surface area (Å²) >= 11 is 1.50. The van der Waals surface area contributed by atoms with Crippen LogP contribution in [0.15, 0.2) is 12.1 Å². The highest BCUT2D eigenvalue weighted by Gasteiger charge is 2.35. The minimum absolute atomic E-state index is 0.144. The maximum atomic E-state index is 13.0. The number of benzene rings is 1. The summed E-state index contributed by atoms with van der Waals surface area (Å²) in [6, 6.07) is 3.61. The number of hydrogen-bond acceptors (Lipinski definition) is 8. The van der Waals surface area contributed by atoms with Crippen LogP contribution in [0.4, 0.5) is 9.80 Å². The number of anilines is 1. The fraction of sp³-hybridized carbons (Fsp3) is 0.429. The van der Waals surface area contributed by atoms with E-state index in [0.717, 1.165) is 21.0 Å². The van der Waals surface area contributed by atoms with Gasteiger partial charge in [-0.15, -0.1) is 11.3 Å². The van der Waals surface area contributed by atoms with Gasteiger partial charge in [0.05, 0.1) is 40.0 Å². The van der Waals surface area contributed by atoms with Crippen LogP contribution in [0.5, 0.6) is 17.2 Å². The summed E-state index contributed by atoms with van der Waals surface area (Å²) in [6.45, 7) is 3.09. The summed E-state index contributed by atoms with van der Waals surface area (Å²) in [7, 11) is 4.64. The predicted octanol–water partition coefficient (Wildman–Crippen LogP) is 3.14. The minimum Gasteiger partial charge on any atom is -0.493 e. The van der Waals surface area contributed by atoms with Gasteiger partial charge in [0.25, 0.3) is 5.91 Å². The van der Waals surface area contributed by atoms with Crippen molar-refractivity contribution in [1.29, 1.82) is 0 Å². The molecule has 31 heavy (non-hydrogen) atoms. The molecule has 4 rings (SSSR count). The molecule has 0 aliphatic carbocycles. The number of fused-ring (bicyclic) bond motifs is 3. The predicted molar refractivity (Wildman–Crippen MR) is 115 cm³/mol. The molecule has 1 aromatic heterocycles. The molecule has 0 saturated carbocycles. The largest absolute Gasteiger partial charge is 0.493 e. The van der Waals surface area contributed by atoms with Gasteiger partial charge >= 0.3 is 6.09 Å². The van der Waals surface area contributed by atoms with Gasteiger partial charge in [-0.1, -0.05) is 0 Å². The highest BCUT2D eigenvalue weighted by atomic mass is 32.1. The van der Waals surface area contributed by atoms with Gasteiger partial charge < -0.3 is 34.5 Å². The quantitative estimate of drug-likeness (QED) is 0.727. The van der Waals surface area contributed by atoms with Crippen LogP contribution >= 0.6 is 11.3 Å². The smallest absolute Gasteiger partial charge is 0.410 e. The molecule has 2 aliphatic heterocycles. The van der Waals surface area contributed by atoms with Crippen molar-refractivity contribution in [1.82, 2.24) is 10.2 Å². The lowest BCUT2D eigenvalue weighted by Crippen LogP contribution is -2.39. The lowest BCUT2D eigenvalue weighted by atomic mass is 10.0. The van der Waals surface area contributed by atoms with Gasteiger partial charge in [0.2, 0.25) is 5.75 Å². The summed E-state index contributed by atoms with van der Waals surface area (Å²) < 4.78 is 21.4. The highest BCUT2D eigenvalue weighted by molar-refractivity contribution is 7.16. The van der Waals surface area contributed by atoms with Crippen LogP contribution in [0.1, 0.15) is 39.5 Å². The number of methoxy groups -OCH3 is 3. The van der Waals surface area contributed by atoms with Crippen molar-refractivity contribution >= 4 is 28.3 Å². The summed E-state index contributed by atoms with van der Waals surface area (Å²) in [6.07, 6.45) is -0.175. The van der Waals surface area contributed by atoms with Crippen LogP contribution in [0.3, 0.4) is 0 Å². The van der Waals surface area contributed by atoms with Crippen molar-refractivity contribution in [2.24, 2.45) is 0 Å². The molecule has 3 heterocycles.